The van der Waals surface area contributed by atoms with E-state index in [1.54, 1.807) is 6.92 Å². The first kappa shape index (κ1) is 9.89. The molecule has 1 atom stereocenters. The molecule has 1 aliphatic rings. The molecule has 0 aromatic heterocycles. The average molecular weight is 183 g/mol. The van der Waals surface area contributed by atoms with Crippen molar-refractivity contribution in [3.8, 4) is 0 Å². The molecular formula is C9H13NO3. The molecule has 0 amide bonds. The van der Waals surface area contributed by atoms with E-state index in [0.29, 0.717) is 6.42 Å². The molecule has 0 bridgehead atoms. The SMILES string of the molecule is CC1(/C=C/[N+](=O)[O-])CCCCC1=O. The third-order valence-corrected chi connectivity index (χ3v) is 2.55. The molecular weight excluding hydrogens is 170 g/mol. The van der Waals surface area contributed by atoms with Gasteiger partial charge in [-0.05, 0) is 25.8 Å². The molecule has 0 aromatic carbocycles. The van der Waals surface area contributed by atoms with Gasteiger partial charge in [-0.2, -0.15) is 0 Å². The molecule has 0 saturated heterocycles. The van der Waals surface area contributed by atoms with Crippen molar-refractivity contribution in [3.63, 3.8) is 0 Å². The summed E-state index contributed by atoms with van der Waals surface area (Å²) in [5.74, 6) is 0.122. The van der Waals surface area contributed by atoms with Crippen molar-refractivity contribution in [3.05, 3.63) is 22.4 Å². The zero-order valence-corrected chi connectivity index (χ0v) is 7.66. The lowest BCUT2D eigenvalue weighted by atomic mass is 9.75. The molecule has 1 fully saturated rings. The maximum Gasteiger partial charge on any atom is 0.231 e. The maximum absolute atomic E-state index is 11.5. The second-order valence-corrected chi connectivity index (χ2v) is 3.65. The molecule has 0 spiro atoms. The fourth-order valence-corrected chi connectivity index (χ4v) is 1.60. The summed E-state index contributed by atoms with van der Waals surface area (Å²) in [5, 5.41) is 10.1. The van der Waals surface area contributed by atoms with E-state index in [0.717, 1.165) is 25.5 Å². The maximum atomic E-state index is 11.5. The van der Waals surface area contributed by atoms with Crippen molar-refractivity contribution in [1.29, 1.82) is 0 Å². The van der Waals surface area contributed by atoms with Crippen LogP contribution < -0.4 is 0 Å². The first-order valence-corrected chi connectivity index (χ1v) is 4.41. The van der Waals surface area contributed by atoms with Crippen molar-refractivity contribution in [2.75, 3.05) is 0 Å². The van der Waals surface area contributed by atoms with E-state index in [1.807, 2.05) is 0 Å². The molecule has 0 aromatic rings. The summed E-state index contributed by atoms with van der Waals surface area (Å²) < 4.78 is 0. The molecule has 4 nitrogen and oxygen atoms in total. The second-order valence-electron chi connectivity index (χ2n) is 3.65. The Kier molecular flexibility index (Phi) is 2.80. The molecule has 1 aliphatic carbocycles. The van der Waals surface area contributed by atoms with Crippen LogP contribution in [0.15, 0.2) is 12.3 Å². The molecule has 0 aliphatic heterocycles. The number of rotatable bonds is 2. The Hall–Kier alpha value is -1.19. The van der Waals surface area contributed by atoms with Crippen LogP contribution in [0.1, 0.15) is 32.6 Å². The zero-order chi connectivity index (χ0) is 9.90. The molecule has 4 heteroatoms. The fourth-order valence-electron chi connectivity index (χ4n) is 1.60. The predicted octanol–water partition coefficient (Wildman–Crippen LogP) is 1.93. The van der Waals surface area contributed by atoms with Crippen molar-refractivity contribution >= 4 is 5.78 Å². The van der Waals surface area contributed by atoms with E-state index in [1.165, 1.54) is 6.08 Å². The molecule has 1 unspecified atom stereocenters. The number of nitro groups is 1. The Morgan fingerprint density at radius 2 is 2.23 bits per heavy atom. The Balaban J connectivity index is 2.72. The number of carbonyl (C=O) groups excluding carboxylic acids is 1. The third kappa shape index (κ3) is 2.37. The Morgan fingerprint density at radius 1 is 1.54 bits per heavy atom. The van der Waals surface area contributed by atoms with Gasteiger partial charge in [0, 0.05) is 6.42 Å². The normalized spacial score (nSPS) is 29.5. The number of ketones is 1. The van der Waals surface area contributed by atoms with Gasteiger partial charge in [-0.15, -0.1) is 0 Å². The summed E-state index contributed by atoms with van der Waals surface area (Å²) in [6.07, 6.45) is 5.48. The van der Waals surface area contributed by atoms with Gasteiger partial charge in [0.05, 0.1) is 10.3 Å². The van der Waals surface area contributed by atoms with Gasteiger partial charge in [0.15, 0.2) is 0 Å². The van der Waals surface area contributed by atoms with Crippen molar-refractivity contribution in [2.24, 2.45) is 5.41 Å². The minimum Gasteiger partial charge on any atom is -0.299 e. The zero-order valence-electron chi connectivity index (χ0n) is 7.66. The van der Waals surface area contributed by atoms with E-state index >= 15 is 0 Å². The van der Waals surface area contributed by atoms with Gasteiger partial charge in [0.1, 0.15) is 5.78 Å². The lowest BCUT2D eigenvalue weighted by Crippen LogP contribution is -2.29. The van der Waals surface area contributed by atoms with Crippen molar-refractivity contribution in [2.45, 2.75) is 32.6 Å². The quantitative estimate of drug-likeness (QED) is 0.485. The fraction of sp³-hybridized carbons (Fsp3) is 0.667. The topological polar surface area (TPSA) is 60.2 Å². The summed E-state index contributed by atoms with van der Waals surface area (Å²) in [5.41, 5.74) is -0.592. The molecule has 13 heavy (non-hydrogen) atoms. The standard InChI is InChI=1S/C9H13NO3/c1-9(6-7-10(12)13)5-3-2-4-8(9)11/h6-7H,2-5H2,1H3/b7-6+. The van der Waals surface area contributed by atoms with Gasteiger partial charge >= 0.3 is 0 Å². The minimum atomic E-state index is -0.592. The summed E-state index contributed by atoms with van der Waals surface area (Å²) in [7, 11) is 0. The monoisotopic (exact) mass is 183 g/mol. The highest BCUT2D eigenvalue weighted by molar-refractivity contribution is 5.86. The van der Waals surface area contributed by atoms with Crippen molar-refractivity contribution < 1.29 is 9.72 Å². The Morgan fingerprint density at radius 3 is 2.77 bits per heavy atom. The van der Waals surface area contributed by atoms with Gasteiger partial charge in [0.2, 0.25) is 6.20 Å². The first-order chi connectivity index (χ1) is 6.04. The van der Waals surface area contributed by atoms with Crippen LogP contribution in [0.3, 0.4) is 0 Å². The van der Waals surface area contributed by atoms with Gasteiger partial charge < -0.3 is 0 Å². The number of nitrogens with zero attached hydrogens (tertiary/aromatic N) is 1. The molecule has 1 saturated carbocycles. The van der Waals surface area contributed by atoms with Gasteiger partial charge in [-0.25, -0.2) is 0 Å². The number of hydrogen-bond acceptors (Lipinski definition) is 3. The minimum absolute atomic E-state index is 0.122. The first-order valence-electron chi connectivity index (χ1n) is 4.41. The summed E-state index contributed by atoms with van der Waals surface area (Å²) in [6.45, 7) is 1.77. The van der Waals surface area contributed by atoms with E-state index in [-0.39, 0.29) is 5.78 Å². The van der Waals surface area contributed by atoms with E-state index in [2.05, 4.69) is 0 Å². The number of carbonyl (C=O) groups is 1. The largest absolute Gasteiger partial charge is 0.299 e. The van der Waals surface area contributed by atoms with Crippen LogP contribution in [0, 0.1) is 15.5 Å². The lowest BCUT2D eigenvalue weighted by molar-refractivity contribution is -0.403. The highest BCUT2D eigenvalue weighted by Crippen LogP contribution is 2.33. The van der Waals surface area contributed by atoms with E-state index in [4.69, 9.17) is 0 Å². The number of Topliss-reactive ketones (excluding diaryl/α,β-unsaturated/α-hetero) is 1. The van der Waals surface area contributed by atoms with Crippen LogP contribution in [0.25, 0.3) is 0 Å². The second kappa shape index (κ2) is 3.68. The van der Waals surface area contributed by atoms with E-state index < -0.39 is 10.3 Å². The molecule has 0 radical (unpaired) electrons. The van der Waals surface area contributed by atoms with Crippen LogP contribution in [-0.2, 0) is 4.79 Å². The molecule has 1 rings (SSSR count). The van der Waals surface area contributed by atoms with E-state index in [9.17, 15) is 14.9 Å². The van der Waals surface area contributed by atoms with Gasteiger partial charge in [0.25, 0.3) is 0 Å². The highest BCUT2D eigenvalue weighted by Gasteiger charge is 2.33. The smallest absolute Gasteiger partial charge is 0.231 e. The van der Waals surface area contributed by atoms with Crippen LogP contribution in [-0.4, -0.2) is 10.7 Å². The molecule has 0 N–H and O–H groups in total. The van der Waals surface area contributed by atoms with Crippen LogP contribution in [0.4, 0.5) is 0 Å². The van der Waals surface area contributed by atoms with Gasteiger partial charge in [-0.3, -0.25) is 14.9 Å². The van der Waals surface area contributed by atoms with Crippen LogP contribution >= 0.6 is 0 Å². The summed E-state index contributed by atoms with van der Waals surface area (Å²) in [6, 6.07) is 0. The van der Waals surface area contributed by atoms with Crippen molar-refractivity contribution in [1.82, 2.24) is 0 Å². The number of allylic oxidation sites excluding steroid dienone is 1. The van der Waals surface area contributed by atoms with Crippen LogP contribution in [0.2, 0.25) is 0 Å². The summed E-state index contributed by atoms with van der Waals surface area (Å²) in [4.78, 5) is 21.0. The Bertz CT molecular complexity index is 260. The third-order valence-electron chi connectivity index (χ3n) is 2.55. The predicted molar refractivity (Wildman–Crippen MR) is 47.7 cm³/mol. The number of hydrogen-bond donors (Lipinski definition) is 0. The Labute approximate surface area is 76.8 Å². The van der Waals surface area contributed by atoms with Gasteiger partial charge in [-0.1, -0.05) is 6.42 Å². The average Bonchev–Trinajstić information content (AvgIpc) is 2.07. The van der Waals surface area contributed by atoms with Crippen LogP contribution in [0.5, 0.6) is 0 Å². The lowest BCUT2D eigenvalue weighted by Gasteiger charge is -2.27. The molecule has 0 heterocycles. The highest BCUT2D eigenvalue weighted by atomic mass is 16.6. The summed E-state index contributed by atoms with van der Waals surface area (Å²) >= 11 is 0. The molecule has 72 valence electrons.